The van der Waals surface area contributed by atoms with Gasteiger partial charge in [-0.05, 0) is 42.8 Å². The fraction of sp³-hybridized carbons (Fsp3) is 0.333. The number of methoxy groups -OCH3 is 1. The topological polar surface area (TPSA) is 79.8 Å². The molecular weight excluding hydrogens is 354 g/mol. The molecule has 26 heavy (non-hydrogen) atoms. The van der Waals surface area contributed by atoms with E-state index in [9.17, 15) is 13.2 Å². The first kappa shape index (κ1) is 18.3. The molecule has 1 aromatic carbocycles. The third kappa shape index (κ3) is 3.56. The lowest BCUT2D eigenvalue weighted by Gasteiger charge is -2.34. The standard InChI is InChI=1S/C18H21N3O4S/c1-14-13-16(25-2)3-4-17(14)26(23,24)21-11-9-20(10-12-21)18(22)15-5-7-19-8-6-15/h3-8,13H,9-12H2,1-2H3. The number of carbonyl (C=O) groups is 1. The molecule has 1 amide bonds. The first-order valence-corrected chi connectivity index (χ1v) is 9.71. The molecular formula is C18H21N3O4S. The summed E-state index contributed by atoms with van der Waals surface area (Å²) in [5.41, 5.74) is 1.20. The summed E-state index contributed by atoms with van der Waals surface area (Å²) in [6.07, 6.45) is 3.14. The van der Waals surface area contributed by atoms with Crippen LogP contribution in [0.3, 0.4) is 0 Å². The van der Waals surface area contributed by atoms with E-state index in [2.05, 4.69) is 4.98 Å². The molecule has 0 spiro atoms. The van der Waals surface area contributed by atoms with Crippen molar-refractivity contribution in [1.82, 2.24) is 14.2 Å². The lowest BCUT2D eigenvalue weighted by Crippen LogP contribution is -2.50. The van der Waals surface area contributed by atoms with Crippen LogP contribution in [0.1, 0.15) is 15.9 Å². The number of amides is 1. The smallest absolute Gasteiger partial charge is 0.254 e. The lowest BCUT2D eigenvalue weighted by atomic mass is 10.2. The number of aromatic nitrogens is 1. The molecule has 0 bridgehead atoms. The van der Waals surface area contributed by atoms with Crippen LogP contribution in [0.15, 0.2) is 47.6 Å². The van der Waals surface area contributed by atoms with Gasteiger partial charge in [-0.15, -0.1) is 0 Å². The molecule has 1 aliphatic rings. The first-order chi connectivity index (χ1) is 12.4. The molecule has 0 atom stereocenters. The van der Waals surface area contributed by atoms with Gasteiger partial charge in [-0.2, -0.15) is 4.31 Å². The van der Waals surface area contributed by atoms with Gasteiger partial charge in [0, 0.05) is 44.1 Å². The Morgan fingerprint density at radius 3 is 2.31 bits per heavy atom. The maximum Gasteiger partial charge on any atom is 0.254 e. The second kappa shape index (κ2) is 7.43. The van der Waals surface area contributed by atoms with Crippen LogP contribution < -0.4 is 4.74 Å². The molecule has 7 nitrogen and oxygen atoms in total. The zero-order valence-corrected chi connectivity index (χ0v) is 15.6. The second-order valence-corrected chi connectivity index (χ2v) is 7.97. The van der Waals surface area contributed by atoms with Crippen molar-refractivity contribution in [2.24, 2.45) is 0 Å². The van der Waals surface area contributed by atoms with Gasteiger partial charge in [-0.1, -0.05) is 0 Å². The van der Waals surface area contributed by atoms with Crippen molar-refractivity contribution in [2.45, 2.75) is 11.8 Å². The summed E-state index contributed by atoms with van der Waals surface area (Å²) in [6.45, 7) is 3.00. The molecule has 0 unspecified atom stereocenters. The van der Waals surface area contributed by atoms with E-state index in [0.717, 1.165) is 0 Å². The van der Waals surface area contributed by atoms with Gasteiger partial charge >= 0.3 is 0 Å². The average molecular weight is 375 g/mol. The van der Waals surface area contributed by atoms with Gasteiger partial charge in [0.2, 0.25) is 10.0 Å². The molecule has 2 heterocycles. The first-order valence-electron chi connectivity index (χ1n) is 8.27. The number of hydrogen-bond acceptors (Lipinski definition) is 5. The zero-order valence-electron chi connectivity index (χ0n) is 14.8. The summed E-state index contributed by atoms with van der Waals surface area (Å²) in [6, 6.07) is 8.23. The maximum atomic E-state index is 12.9. The van der Waals surface area contributed by atoms with Crippen LogP contribution in [-0.2, 0) is 10.0 Å². The van der Waals surface area contributed by atoms with Crippen molar-refractivity contribution in [3.8, 4) is 5.75 Å². The Morgan fingerprint density at radius 1 is 1.08 bits per heavy atom. The van der Waals surface area contributed by atoms with Gasteiger partial charge in [0.15, 0.2) is 0 Å². The summed E-state index contributed by atoms with van der Waals surface area (Å²) in [5.74, 6) is 0.513. The predicted molar refractivity (Wildman–Crippen MR) is 96.6 cm³/mol. The predicted octanol–water partition coefficient (Wildman–Crippen LogP) is 1.55. The van der Waals surface area contributed by atoms with Crippen LogP contribution in [0.25, 0.3) is 0 Å². The summed E-state index contributed by atoms with van der Waals surface area (Å²) >= 11 is 0. The summed E-state index contributed by atoms with van der Waals surface area (Å²) in [4.78, 5) is 18.3. The zero-order chi connectivity index (χ0) is 18.7. The second-order valence-electron chi connectivity index (χ2n) is 6.06. The molecule has 0 saturated carbocycles. The van der Waals surface area contributed by atoms with Gasteiger partial charge in [0.1, 0.15) is 5.75 Å². The molecule has 1 aromatic heterocycles. The Morgan fingerprint density at radius 2 is 1.73 bits per heavy atom. The summed E-state index contributed by atoms with van der Waals surface area (Å²) in [5, 5.41) is 0. The van der Waals surface area contributed by atoms with Crippen LogP contribution in [0.4, 0.5) is 0 Å². The molecule has 0 aliphatic carbocycles. The molecule has 8 heteroatoms. The third-order valence-corrected chi connectivity index (χ3v) is 6.51. The highest BCUT2D eigenvalue weighted by molar-refractivity contribution is 7.89. The number of pyridine rings is 1. The molecule has 1 saturated heterocycles. The number of hydrogen-bond donors (Lipinski definition) is 0. The normalized spacial score (nSPS) is 15.7. The highest BCUT2D eigenvalue weighted by Crippen LogP contribution is 2.25. The van der Waals surface area contributed by atoms with E-state index in [1.165, 1.54) is 4.31 Å². The molecule has 0 N–H and O–H groups in total. The van der Waals surface area contributed by atoms with Gasteiger partial charge < -0.3 is 9.64 Å². The molecule has 0 radical (unpaired) electrons. The SMILES string of the molecule is COc1ccc(S(=O)(=O)N2CCN(C(=O)c3ccncc3)CC2)c(C)c1. The number of nitrogens with zero attached hydrogens (tertiary/aromatic N) is 3. The van der Waals surface area contributed by atoms with E-state index in [-0.39, 0.29) is 23.9 Å². The van der Waals surface area contributed by atoms with Crippen LogP contribution in [-0.4, -0.2) is 61.8 Å². The Balaban J connectivity index is 1.72. The number of ether oxygens (including phenoxy) is 1. The number of aryl methyl sites for hydroxylation is 1. The number of piperazine rings is 1. The van der Waals surface area contributed by atoms with Crippen molar-refractivity contribution in [3.05, 3.63) is 53.9 Å². The summed E-state index contributed by atoms with van der Waals surface area (Å²) < 4.78 is 32.4. The van der Waals surface area contributed by atoms with Crippen molar-refractivity contribution >= 4 is 15.9 Å². The molecule has 138 valence electrons. The Labute approximate surface area is 153 Å². The van der Waals surface area contributed by atoms with Crippen LogP contribution in [0.2, 0.25) is 0 Å². The third-order valence-electron chi connectivity index (χ3n) is 4.45. The minimum atomic E-state index is -3.60. The molecule has 3 rings (SSSR count). The fourth-order valence-electron chi connectivity index (χ4n) is 2.99. The quantitative estimate of drug-likeness (QED) is 0.810. The fourth-order valence-corrected chi connectivity index (χ4v) is 4.61. The largest absolute Gasteiger partial charge is 0.497 e. The van der Waals surface area contributed by atoms with Crippen molar-refractivity contribution in [2.75, 3.05) is 33.3 Å². The average Bonchev–Trinajstić information content (AvgIpc) is 2.67. The monoisotopic (exact) mass is 375 g/mol. The minimum absolute atomic E-state index is 0.106. The van der Waals surface area contributed by atoms with Gasteiger partial charge in [0.05, 0.1) is 12.0 Å². The van der Waals surface area contributed by atoms with E-state index in [1.54, 1.807) is 61.7 Å². The van der Waals surface area contributed by atoms with E-state index >= 15 is 0 Å². The number of carbonyl (C=O) groups excluding carboxylic acids is 1. The maximum absolute atomic E-state index is 12.9. The van der Waals surface area contributed by atoms with Crippen molar-refractivity contribution < 1.29 is 17.9 Å². The minimum Gasteiger partial charge on any atom is -0.497 e. The lowest BCUT2D eigenvalue weighted by molar-refractivity contribution is 0.0697. The Kier molecular flexibility index (Phi) is 5.24. The van der Waals surface area contributed by atoms with Crippen molar-refractivity contribution in [3.63, 3.8) is 0 Å². The van der Waals surface area contributed by atoms with Crippen LogP contribution in [0.5, 0.6) is 5.75 Å². The van der Waals surface area contributed by atoms with Crippen LogP contribution >= 0.6 is 0 Å². The van der Waals surface area contributed by atoms with E-state index in [4.69, 9.17) is 4.74 Å². The van der Waals surface area contributed by atoms with Gasteiger partial charge in [-0.25, -0.2) is 8.42 Å². The highest BCUT2D eigenvalue weighted by atomic mass is 32.2. The molecule has 1 aliphatic heterocycles. The number of rotatable bonds is 4. The van der Waals surface area contributed by atoms with Crippen LogP contribution in [0, 0.1) is 6.92 Å². The molecule has 2 aromatic rings. The number of sulfonamides is 1. The number of benzene rings is 1. The van der Waals surface area contributed by atoms with E-state index in [1.807, 2.05) is 0 Å². The molecule has 1 fully saturated rings. The Bertz CT molecular complexity index is 892. The van der Waals surface area contributed by atoms with Gasteiger partial charge in [0.25, 0.3) is 5.91 Å². The van der Waals surface area contributed by atoms with E-state index < -0.39 is 10.0 Å². The van der Waals surface area contributed by atoms with Crippen molar-refractivity contribution in [1.29, 1.82) is 0 Å². The Hall–Kier alpha value is -2.45. The summed E-state index contributed by atoms with van der Waals surface area (Å²) in [7, 11) is -2.06. The van der Waals surface area contributed by atoms with E-state index in [0.29, 0.717) is 30.0 Å². The van der Waals surface area contributed by atoms with Gasteiger partial charge in [-0.3, -0.25) is 9.78 Å². The highest BCUT2D eigenvalue weighted by Gasteiger charge is 2.31.